The summed E-state index contributed by atoms with van der Waals surface area (Å²) >= 11 is 0. The molecule has 0 saturated carbocycles. The highest BCUT2D eigenvalue weighted by Gasteiger charge is 2.64. The molecular weight excluding hydrogens is 361 g/mol. The molecule has 28 heavy (non-hydrogen) atoms. The number of hydrogen-bond acceptors (Lipinski definition) is 5. The second-order valence-corrected chi connectivity index (χ2v) is 7.30. The van der Waals surface area contributed by atoms with E-state index in [4.69, 9.17) is 0 Å². The highest BCUT2D eigenvalue weighted by atomic mass is 19.1. The molecule has 2 amide bonds. The third-order valence-corrected chi connectivity index (χ3v) is 5.78. The number of Topliss-reactive ketones (excluding diaryl/α,β-unsaturated/α-hetero) is 1. The van der Waals surface area contributed by atoms with Crippen molar-refractivity contribution in [3.05, 3.63) is 65.5 Å². The lowest BCUT2D eigenvalue weighted by atomic mass is 9.84. The van der Waals surface area contributed by atoms with Crippen molar-refractivity contribution < 1.29 is 18.8 Å². The number of imide groups is 1. The van der Waals surface area contributed by atoms with Crippen molar-refractivity contribution in [1.29, 1.82) is 0 Å². The monoisotopic (exact) mass is 377 g/mol. The zero-order valence-electron chi connectivity index (χ0n) is 14.9. The molecule has 0 bridgehead atoms. The molecule has 3 aliphatic heterocycles. The van der Waals surface area contributed by atoms with E-state index in [1.165, 1.54) is 25.1 Å². The molecule has 0 aliphatic carbocycles. The molecule has 4 atom stereocenters. The number of amides is 2. The summed E-state index contributed by atoms with van der Waals surface area (Å²) in [4.78, 5) is 40.0. The summed E-state index contributed by atoms with van der Waals surface area (Å²) in [5.41, 5.74) is 1.90. The molecule has 0 aromatic heterocycles. The van der Waals surface area contributed by atoms with Gasteiger partial charge in [-0.05, 0) is 36.2 Å². The minimum atomic E-state index is -0.846. The number of anilines is 1. The van der Waals surface area contributed by atoms with Crippen molar-refractivity contribution >= 4 is 29.5 Å². The molecule has 0 unspecified atom stereocenters. The van der Waals surface area contributed by atoms with Gasteiger partial charge >= 0.3 is 0 Å². The molecular formula is C21H16FN3O3. The van der Waals surface area contributed by atoms with Gasteiger partial charge in [0.15, 0.2) is 5.78 Å². The maximum Gasteiger partial charge on any atom is 0.240 e. The fourth-order valence-corrected chi connectivity index (χ4v) is 4.69. The van der Waals surface area contributed by atoms with Gasteiger partial charge in [0.05, 0.1) is 29.8 Å². The lowest BCUT2D eigenvalue weighted by Crippen LogP contribution is -2.43. The van der Waals surface area contributed by atoms with Crippen LogP contribution in [0.1, 0.15) is 24.1 Å². The van der Waals surface area contributed by atoms with E-state index in [-0.39, 0.29) is 11.5 Å². The van der Waals surface area contributed by atoms with Crippen LogP contribution in [0.5, 0.6) is 0 Å². The standard InChI is InChI=1S/C21H16FN3O3/c1-11(26)18-16-17(19-15-8-3-2-5-12(15)10-23-25(18)19)21(28)24(20(16)27)14-7-4-6-13(22)9-14/h2-10,16-19H,1H3/t16-,17-,18-,19+/m0/s1. The molecule has 2 fully saturated rings. The predicted octanol–water partition coefficient (Wildman–Crippen LogP) is 2.29. The molecule has 3 heterocycles. The number of carbonyl (C=O) groups is 3. The van der Waals surface area contributed by atoms with Gasteiger partial charge in [-0.15, -0.1) is 0 Å². The molecule has 5 rings (SSSR count). The van der Waals surface area contributed by atoms with Crippen LogP contribution >= 0.6 is 0 Å². The molecule has 0 spiro atoms. The van der Waals surface area contributed by atoms with Crippen LogP contribution in [0.15, 0.2) is 53.6 Å². The van der Waals surface area contributed by atoms with E-state index in [1.807, 2.05) is 24.3 Å². The average molecular weight is 377 g/mol. The number of rotatable bonds is 2. The molecule has 2 aromatic carbocycles. The number of hydrogen-bond donors (Lipinski definition) is 0. The van der Waals surface area contributed by atoms with Crippen molar-refractivity contribution in [3.8, 4) is 0 Å². The lowest BCUT2D eigenvalue weighted by Gasteiger charge is -2.33. The maximum absolute atomic E-state index is 13.7. The number of hydrazone groups is 1. The Labute approximate surface area is 160 Å². The third kappa shape index (κ3) is 2.13. The van der Waals surface area contributed by atoms with Crippen LogP contribution in [0.2, 0.25) is 0 Å². The summed E-state index contributed by atoms with van der Waals surface area (Å²) in [7, 11) is 0. The molecule has 0 N–H and O–H groups in total. The molecule has 2 saturated heterocycles. The first kappa shape index (κ1) is 16.8. The Hall–Kier alpha value is -3.35. The smallest absolute Gasteiger partial charge is 0.240 e. The molecule has 3 aliphatic rings. The van der Waals surface area contributed by atoms with E-state index >= 15 is 0 Å². The van der Waals surface area contributed by atoms with Crippen molar-refractivity contribution in [2.45, 2.75) is 19.0 Å². The van der Waals surface area contributed by atoms with Gasteiger partial charge in [-0.3, -0.25) is 19.4 Å². The van der Waals surface area contributed by atoms with Crippen molar-refractivity contribution in [1.82, 2.24) is 5.01 Å². The van der Waals surface area contributed by atoms with Gasteiger partial charge in [-0.1, -0.05) is 30.3 Å². The van der Waals surface area contributed by atoms with Crippen molar-refractivity contribution in [3.63, 3.8) is 0 Å². The van der Waals surface area contributed by atoms with Crippen LogP contribution in [0.3, 0.4) is 0 Å². The number of fused-ring (bicyclic) bond motifs is 5. The Balaban J connectivity index is 1.66. The summed E-state index contributed by atoms with van der Waals surface area (Å²) in [5, 5.41) is 6.00. The molecule has 7 heteroatoms. The SMILES string of the molecule is CC(=O)[C@H]1[C@H]2C(=O)N(c3cccc(F)c3)C(=O)[C@@H]2[C@H]2c3ccccc3C=NN21. The van der Waals surface area contributed by atoms with Crippen LogP contribution in [0.4, 0.5) is 10.1 Å². The number of nitrogens with zero attached hydrogens (tertiary/aromatic N) is 3. The van der Waals surface area contributed by atoms with Gasteiger partial charge in [-0.2, -0.15) is 5.10 Å². The largest absolute Gasteiger partial charge is 0.298 e. The Morgan fingerprint density at radius 3 is 2.54 bits per heavy atom. The first-order valence-corrected chi connectivity index (χ1v) is 9.04. The highest BCUT2D eigenvalue weighted by Crippen LogP contribution is 2.52. The Bertz CT molecular complexity index is 1070. The van der Waals surface area contributed by atoms with Gasteiger partial charge in [-0.25, -0.2) is 9.29 Å². The minimum Gasteiger partial charge on any atom is -0.298 e. The Morgan fingerprint density at radius 2 is 1.79 bits per heavy atom. The fraction of sp³-hybridized carbons (Fsp3) is 0.238. The molecule has 140 valence electrons. The topological polar surface area (TPSA) is 70.0 Å². The summed E-state index contributed by atoms with van der Waals surface area (Å²) in [6.45, 7) is 1.41. The van der Waals surface area contributed by atoms with E-state index in [1.54, 1.807) is 11.2 Å². The quantitative estimate of drug-likeness (QED) is 0.753. The first-order valence-electron chi connectivity index (χ1n) is 9.04. The van der Waals surface area contributed by atoms with Gasteiger partial charge in [0.1, 0.15) is 11.9 Å². The van der Waals surface area contributed by atoms with Crippen LogP contribution in [0, 0.1) is 17.7 Å². The average Bonchev–Trinajstić information content (AvgIpc) is 3.15. The van der Waals surface area contributed by atoms with Gasteiger partial charge in [0.2, 0.25) is 11.8 Å². The zero-order chi connectivity index (χ0) is 19.6. The zero-order valence-corrected chi connectivity index (χ0v) is 14.9. The Kier molecular flexibility index (Phi) is 3.49. The fourth-order valence-electron chi connectivity index (χ4n) is 4.69. The van der Waals surface area contributed by atoms with Gasteiger partial charge < -0.3 is 0 Å². The lowest BCUT2D eigenvalue weighted by molar-refractivity contribution is -0.129. The van der Waals surface area contributed by atoms with Gasteiger partial charge in [0, 0.05) is 0 Å². The second-order valence-electron chi connectivity index (χ2n) is 7.30. The van der Waals surface area contributed by atoms with Gasteiger partial charge in [0.25, 0.3) is 0 Å². The predicted molar refractivity (Wildman–Crippen MR) is 99.0 cm³/mol. The third-order valence-electron chi connectivity index (χ3n) is 5.78. The number of halogens is 1. The van der Waals surface area contributed by atoms with E-state index in [0.29, 0.717) is 0 Å². The minimum absolute atomic E-state index is 0.186. The Morgan fingerprint density at radius 1 is 1.04 bits per heavy atom. The molecule has 6 nitrogen and oxygen atoms in total. The number of benzene rings is 2. The van der Waals surface area contributed by atoms with E-state index in [0.717, 1.165) is 22.1 Å². The van der Waals surface area contributed by atoms with Crippen LogP contribution in [0.25, 0.3) is 0 Å². The van der Waals surface area contributed by atoms with Crippen LogP contribution in [-0.2, 0) is 14.4 Å². The molecule has 2 aromatic rings. The number of ketones is 1. The van der Waals surface area contributed by atoms with Crippen LogP contribution < -0.4 is 4.90 Å². The summed E-state index contributed by atoms with van der Waals surface area (Å²) < 4.78 is 13.7. The summed E-state index contributed by atoms with van der Waals surface area (Å²) in [5.74, 6) is -3.26. The number of carbonyl (C=O) groups excluding carboxylic acids is 3. The van der Waals surface area contributed by atoms with Crippen molar-refractivity contribution in [2.75, 3.05) is 4.90 Å². The van der Waals surface area contributed by atoms with E-state index in [2.05, 4.69) is 5.10 Å². The van der Waals surface area contributed by atoms with E-state index in [9.17, 15) is 18.8 Å². The van der Waals surface area contributed by atoms with Crippen molar-refractivity contribution in [2.24, 2.45) is 16.9 Å². The second kappa shape index (κ2) is 5.82. The maximum atomic E-state index is 13.7. The highest BCUT2D eigenvalue weighted by molar-refractivity contribution is 6.24. The summed E-state index contributed by atoms with van der Waals surface area (Å²) in [6, 6.07) is 11.6. The summed E-state index contributed by atoms with van der Waals surface area (Å²) in [6.07, 6.45) is 1.65. The van der Waals surface area contributed by atoms with E-state index < -0.39 is 41.6 Å². The normalized spacial score (nSPS) is 27.6. The molecule has 0 radical (unpaired) electrons. The van der Waals surface area contributed by atoms with Crippen LogP contribution in [-0.4, -0.2) is 34.9 Å². The first-order chi connectivity index (χ1) is 13.5.